The van der Waals surface area contributed by atoms with Crippen LogP contribution in [0.5, 0.6) is 0 Å². The van der Waals surface area contributed by atoms with E-state index in [0.29, 0.717) is 29.9 Å². The van der Waals surface area contributed by atoms with Crippen molar-refractivity contribution in [2.24, 2.45) is 0 Å². The number of rotatable bonds is 6. The molecule has 0 fully saturated rings. The molecule has 0 aliphatic carbocycles. The molecule has 0 bridgehead atoms. The van der Waals surface area contributed by atoms with E-state index in [1.54, 1.807) is 0 Å². The fourth-order valence-electron chi connectivity index (χ4n) is 1.75. The summed E-state index contributed by atoms with van der Waals surface area (Å²) in [7, 11) is 0. The van der Waals surface area contributed by atoms with Gasteiger partial charge >= 0.3 is 140 Å². The topological polar surface area (TPSA) is 20.2 Å². The third-order valence-corrected chi connectivity index (χ3v) is 8.01. The van der Waals surface area contributed by atoms with Gasteiger partial charge in [0.2, 0.25) is 0 Å². The quantitative estimate of drug-likeness (QED) is 0.722. The Hall–Kier alpha value is -0.821. The Balaban J connectivity index is 2.05. The van der Waals surface area contributed by atoms with Gasteiger partial charge in [0, 0.05) is 0 Å². The van der Waals surface area contributed by atoms with Crippen LogP contribution in [0.15, 0.2) is 58.0 Å². The molecule has 0 atom stereocenters. The van der Waals surface area contributed by atoms with E-state index in [4.69, 9.17) is 0 Å². The van der Waals surface area contributed by atoms with Gasteiger partial charge in [0.05, 0.1) is 0 Å². The predicted molar refractivity (Wildman–Crippen MR) is 92.9 cm³/mol. The van der Waals surface area contributed by atoms with Gasteiger partial charge in [0.1, 0.15) is 0 Å². The van der Waals surface area contributed by atoms with Crippen molar-refractivity contribution in [1.82, 2.24) is 0 Å². The summed E-state index contributed by atoms with van der Waals surface area (Å²) in [6.45, 7) is 4.47. The van der Waals surface area contributed by atoms with E-state index in [0.717, 1.165) is 6.42 Å². The SMILES string of the molecule is Cc1ccc([Se]C=C(CCO)[Se]c2ccc(C)cc2)cc1. The second-order valence-corrected chi connectivity index (χ2v) is 9.40. The second kappa shape index (κ2) is 8.58. The molecular weight excluding hydrogens is 390 g/mol. The average molecular weight is 410 g/mol. The molecule has 0 unspecified atom stereocenters. The van der Waals surface area contributed by atoms with Gasteiger partial charge in [-0.05, 0) is 0 Å². The Morgan fingerprint density at radius 3 is 1.95 bits per heavy atom. The van der Waals surface area contributed by atoms with Crippen molar-refractivity contribution in [3.8, 4) is 0 Å². The summed E-state index contributed by atoms with van der Waals surface area (Å²) in [5, 5.41) is 9.27. The summed E-state index contributed by atoms with van der Waals surface area (Å²) < 4.78 is 4.17. The summed E-state index contributed by atoms with van der Waals surface area (Å²) in [4.78, 5) is 2.35. The zero-order valence-electron chi connectivity index (χ0n) is 12.4. The predicted octanol–water partition coefficient (Wildman–Crippen LogP) is 1.89. The molecule has 2 aromatic rings. The minimum absolute atomic E-state index is 0.240. The molecule has 110 valence electrons. The van der Waals surface area contributed by atoms with E-state index < -0.39 is 0 Å². The number of benzene rings is 2. The van der Waals surface area contributed by atoms with Crippen molar-refractivity contribution in [2.75, 3.05) is 6.61 Å². The molecule has 0 radical (unpaired) electrons. The van der Waals surface area contributed by atoms with Crippen LogP contribution in [-0.2, 0) is 0 Å². The zero-order chi connectivity index (χ0) is 15.1. The number of aliphatic hydroxyl groups excluding tert-OH is 1. The molecule has 0 spiro atoms. The van der Waals surface area contributed by atoms with Crippen molar-refractivity contribution in [1.29, 1.82) is 0 Å². The minimum atomic E-state index is 0.240. The summed E-state index contributed by atoms with van der Waals surface area (Å²) >= 11 is 0.674. The standard InChI is InChI=1S/C18H20OSe2/c1-14-3-7-16(8-4-14)20-13-18(11-12-19)21-17-9-5-15(2)6-10-17/h3-10,13,19H,11-12H2,1-2H3. The first kappa shape index (κ1) is 16.5. The molecule has 0 aliphatic rings. The number of hydrogen-bond acceptors (Lipinski definition) is 1. The molecule has 21 heavy (non-hydrogen) atoms. The van der Waals surface area contributed by atoms with E-state index >= 15 is 0 Å². The number of aryl methyl sites for hydroxylation is 2. The Labute approximate surface area is 139 Å². The van der Waals surface area contributed by atoms with Crippen LogP contribution in [0.1, 0.15) is 17.5 Å². The molecule has 0 heterocycles. The van der Waals surface area contributed by atoms with Crippen molar-refractivity contribution < 1.29 is 5.11 Å². The molecule has 0 aromatic heterocycles. The Kier molecular flexibility index (Phi) is 6.76. The van der Waals surface area contributed by atoms with Crippen molar-refractivity contribution in [3.63, 3.8) is 0 Å². The first-order valence-corrected chi connectivity index (χ1v) is 10.5. The normalized spacial score (nSPS) is 11.7. The third kappa shape index (κ3) is 5.82. The molecule has 0 amide bonds. The van der Waals surface area contributed by atoms with E-state index in [-0.39, 0.29) is 6.61 Å². The van der Waals surface area contributed by atoms with Gasteiger partial charge in [-0.2, -0.15) is 0 Å². The van der Waals surface area contributed by atoms with Gasteiger partial charge in [0.25, 0.3) is 0 Å². The number of aliphatic hydroxyl groups is 1. The fourth-order valence-corrected chi connectivity index (χ4v) is 5.94. The molecule has 1 N–H and O–H groups in total. The van der Waals surface area contributed by atoms with Gasteiger partial charge < -0.3 is 0 Å². The van der Waals surface area contributed by atoms with E-state index in [1.807, 2.05) is 0 Å². The summed E-state index contributed by atoms with van der Waals surface area (Å²) in [5.74, 6) is 0. The maximum atomic E-state index is 9.27. The summed E-state index contributed by atoms with van der Waals surface area (Å²) in [5.41, 5.74) is 2.60. The van der Waals surface area contributed by atoms with Crippen LogP contribution >= 0.6 is 0 Å². The van der Waals surface area contributed by atoms with Crippen LogP contribution in [0.2, 0.25) is 0 Å². The number of hydrogen-bond donors (Lipinski definition) is 1. The Morgan fingerprint density at radius 2 is 1.43 bits per heavy atom. The molecular formula is C18H20OSe2. The van der Waals surface area contributed by atoms with Crippen molar-refractivity contribution >= 4 is 38.8 Å². The van der Waals surface area contributed by atoms with Gasteiger partial charge in [-0.3, -0.25) is 0 Å². The van der Waals surface area contributed by atoms with Crippen molar-refractivity contribution in [2.45, 2.75) is 20.3 Å². The van der Waals surface area contributed by atoms with Crippen LogP contribution in [0.25, 0.3) is 0 Å². The van der Waals surface area contributed by atoms with Crippen molar-refractivity contribution in [3.05, 3.63) is 69.1 Å². The van der Waals surface area contributed by atoms with E-state index in [2.05, 4.69) is 67.4 Å². The average Bonchev–Trinajstić information content (AvgIpc) is 2.49. The van der Waals surface area contributed by atoms with Gasteiger partial charge in [-0.15, -0.1) is 0 Å². The van der Waals surface area contributed by atoms with Crippen LogP contribution < -0.4 is 8.92 Å². The molecule has 2 rings (SSSR count). The second-order valence-electron chi connectivity index (χ2n) is 4.90. The fraction of sp³-hybridized carbons (Fsp3) is 0.222. The van der Waals surface area contributed by atoms with Gasteiger partial charge in [-0.25, -0.2) is 0 Å². The summed E-state index contributed by atoms with van der Waals surface area (Å²) in [6, 6.07) is 17.5. The Bertz CT molecular complexity index is 586. The van der Waals surface area contributed by atoms with Gasteiger partial charge in [0.15, 0.2) is 0 Å². The molecule has 0 saturated carbocycles. The zero-order valence-corrected chi connectivity index (χ0v) is 15.8. The molecule has 3 heteroatoms. The van der Waals surface area contributed by atoms with E-state index in [9.17, 15) is 5.11 Å². The third-order valence-electron chi connectivity index (χ3n) is 2.98. The van der Waals surface area contributed by atoms with Gasteiger partial charge in [-0.1, -0.05) is 0 Å². The Morgan fingerprint density at radius 1 is 0.905 bits per heavy atom. The summed E-state index contributed by atoms with van der Waals surface area (Å²) in [6.07, 6.45) is 0.793. The van der Waals surface area contributed by atoms with E-state index in [1.165, 1.54) is 24.5 Å². The molecule has 0 aliphatic heterocycles. The monoisotopic (exact) mass is 412 g/mol. The molecule has 2 aromatic carbocycles. The molecule has 0 saturated heterocycles. The van der Waals surface area contributed by atoms with Crippen LogP contribution in [0.3, 0.4) is 0 Å². The van der Waals surface area contributed by atoms with Crippen LogP contribution in [-0.4, -0.2) is 41.6 Å². The van der Waals surface area contributed by atoms with Crippen LogP contribution in [0, 0.1) is 13.8 Å². The van der Waals surface area contributed by atoms with Crippen LogP contribution in [0.4, 0.5) is 0 Å². The maximum absolute atomic E-state index is 9.27. The first-order chi connectivity index (χ1) is 10.2. The first-order valence-electron chi connectivity index (χ1n) is 6.95. The molecule has 1 nitrogen and oxygen atoms in total.